The Morgan fingerprint density at radius 1 is 0.691 bits per heavy atom. The summed E-state index contributed by atoms with van der Waals surface area (Å²) in [7, 11) is 0. The van der Waals surface area contributed by atoms with Crippen molar-refractivity contribution in [2.24, 2.45) is 62.6 Å². The molecular formula is C68H126. The van der Waals surface area contributed by atoms with Crippen LogP contribution in [0, 0.1) is 62.6 Å². The maximum atomic E-state index is 2.62. The Morgan fingerprint density at radius 2 is 1.29 bits per heavy atom. The number of allylic oxidation sites excluding steroid dienone is 8. The fourth-order valence-corrected chi connectivity index (χ4v) is 10.4. The summed E-state index contributed by atoms with van der Waals surface area (Å²) in [6.45, 7) is 58.4. The van der Waals surface area contributed by atoms with Crippen LogP contribution in [0.1, 0.15) is 288 Å². The van der Waals surface area contributed by atoms with Crippen LogP contribution in [0.2, 0.25) is 0 Å². The minimum absolute atomic E-state index is 0.410. The van der Waals surface area contributed by atoms with Crippen LogP contribution >= 0.6 is 0 Å². The highest BCUT2D eigenvalue weighted by Gasteiger charge is 2.40. The zero-order valence-corrected chi connectivity index (χ0v) is 51.4. The third kappa shape index (κ3) is 30.1. The normalized spacial score (nSPS) is 20.2. The summed E-state index contributed by atoms with van der Waals surface area (Å²) in [4.78, 5) is 0. The van der Waals surface area contributed by atoms with Gasteiger partial charge in [-0.3, -0.25) is 0 Å². The number of fused-ring (bicyclic) bond motifs is 1. The van der Waals surface area contributed by atoms with Crippen LogP contribution in [0.4, 0.5) is 0 Å². The molecule has 0 saturated heterocycles. The fraction of sp³-hybridized carbons (Fsp3) is 0.794. The van der Waals surface area contributed by atoms with Gasteiger partial charge in [-0.1, -0.05) is 267 Å². The number of hydrogen-bond donors (Lipinski definition) is 0. The van der Waals surface area contributed by atoms with Gasteiger partial charge in [0.05, 0.1) is 0 Å². The highest BCUT2D eigenvalue weighted by atomic mass is 14.4. The van der Waals surface area contributed by atoms with Gasteiger partial charge < -0.3 is 0 Å². The molecule has 68 heavy (non-hydrogen) atoms. The van der Waals surface area contributed by atoms with Crippen molar-refractivity contribution in [2.45, 2.75) is 289 Å². The van der Waals surface area contributed by atoms with Crippen LogP contribution in [0.15, 0.2) is 76.9 Å². The molecule has 0 heteroatoms. The monoisotopic (exact) mass is 943 g/mol. The van der Waals surface area contributed by atoms with Gasteiger partial charge >= 0.3 is 0 Å². The average molecular weight is 944 g/mol. The molecule has 0 spiro atoms. The fourth-order valence-electron chi connectivity index (χ4n) is 10.4. The van der Waals surface area contributed by atoms with E-state index in [9.17, 15) is 0 Å². The number of benzene rings is 1. The molecule has 0 aromatic heterocycles. The highest BCUT2D eigenvalue weighted by molar-refractivity contribution is 5.25. The van der Waals surface area contributed by atoms with Crippen molar-refractivity contribution >= 4 is 0 Å². The molecule has 0 radical (unpaired) electrons. The molecule has 0 amide bonds. The van der Waals surface area contributed by atoms with Crippen LogP contribution in [0.5, 0.6) is 0 Å². The van der Waals surface area contributed by atoms with Crippen molar-refractivity contribution in [2.75, 3.05) is 0 Å². The summed E-state index contributed by atoms with van der Waals surface area (Å²) in [5.41, 5.74) is 10.3. The summed E-state index contributed by atoms with van der Waals surface area (Å²) < 4.78 is 0. The van der Waals surface area contributed by atoms with Gasteiger partial charge in [-0.05, 0) is 166 Å². The Labute approximate surface area is 431 Å². The Kier molecular flexibility index (Phi) is 34.7. The quantitative estimate of drug-likeness (QED) is 0.108. The van der Waals surface area contributed by atoms with Crippen molar-refractivity contribution in [1.82, 2.24) is 0 Å². The third-order valence-electron chi connectivity index (χ3n) is 16.1. The maximum Gasteiger partial charge on any atom is -0.0135 e. The van der Waals surface area contributed by atoms with E-state index in [0.717, 1.165) is 35.5 Å². The molecule has 0 nitrogen and oxygen atoms in total. The zero-order chi connectivity index (χ0) is 52.9. The number of unbranched alkanes of at least 4 members (excludes halogenated alkanes) is 3. The van der Waals surface area contributed by atoms with Crippen LogP contribution in [0.3, 0.4) is 0 Å². The predicted molar refractivity (Wildman–Crippen MR) is 316 cm³/mol. The molecule has 6 unspecified atom stereocenters. The molecule has 0 heterocycles. The molecule has 398 valence electrons. The van der Waals surface area contributed by atoms with E-state index in [-0.39, 0.29) is 0 Å². The Morgan fingerprint density at radius 3 is 1.74 bits per heavy atom. The van der Waals surface area contributed by atoms with Gasteiger partial charge in [0.2, 0.25) is 0 Å². The van der Waals surface area contributed by atoms with Gasteiger partial charge in [0.15, 0.2) is 0 Å². The number of rotatable bonds is 17. The van der Waals surface area contributed by atoms with Gasteiger partial charge in [0.1, 0.15) is 0 Å². The molecule has 0 aliphatic heterocycles. The molecular weight excluding hydrogens is 817 g/mol. The van der Waals surface area contributed by atoms with Crippen molar-refractivity contribution < 1.29 is 0 Å². The minimum atomic E-state index is 0.410. The SMILES string of the molecule is CC(C)(C)CCCc1ccccc1.CC/C=C(\C)C(CCCCC)C(C)(C)C.CC1=CC(C(C)(C)C)CC(C)C2CC(=C(C)C)CC12.CCC(C)(CCCC(C)C)C(C)(C)C.CCC=CCCC. The Hall–Kier alpha value is -1.82. The van der Waals surface area contributed by atoms with Crippen LogP contribution in [-0.4, -0.2) is 0 Å². The molecule has 3 rings (SSSR count). The first-order valence-corrected chi connectivity index (χ1v) is 29.0. The summed E-state index contributed by atoms with van der Waals surface area (Å²) in [5, 5.41) is 0. The molecule has 1 saturated carbocycles. The average Bonchev–Trinajstić information content (AvgIpc) is 3.64. The van der Waals surface area contributed by atoms with Crippen molar-refractivity contribution in [1.29, 1.82) is 0 Å². The zero-order valence-electron chi connectivity index (χ0n) is 51.4. The highest BCUT2D eigenvalue weighted by Crippen LogP contribution is 2.51. The summed E-state index contributed by atoms with van der Waals surface area (Å²) in [6, 6.07) is 10.7. The van der Waals surface area contributed by atoms with E-state index in [1.165, 1.54) is 121 Å². The molecule has 0 bridgehead atoms. The predicted octanol–water partition coefficient (Wildman–Crippen LogP) is 23.7. The molecule has 1 aromatic rings. The lowest BCUT2D eigenvalue weighted by Crippen LogP contribution is -2.32. The lowest BCUT2D eigenvalue weighted by atomic mass is 9.64. The van der Waals surface area contributed by atoms with Gasteiger partial charge in [-0.2, -0.15) is 0 Å². The number of aryl methyl sites for hydroxylation is 1. The summed E-state index contributed by atoms with van der Waals surface area (Å²) in [5.74, 6) is 4.96. The van der Waals surface area contributed by atoms with Crippen LogP contribution in [-0.2, 0) is 6.42 Å². The van der Waals surface area contributed by atoms with E-state index in [4.69, 9.17) is 0 Å². The largest absolute Gasteiger partial charge is 0.0888 e. The third-order valence-corrected chi connectivity index (χ3v) is 16.1. The first kappa shape index (κ1) is 68.3. The first-order valence-electron chi connectivity index (χ1n) is 29.0. The second kappa shape index (κ2) is 34.5. The molecule has 0 N–H and O–H groups in total. The van der Waals surface area contributed by atoms with E-state index in [1.807, 2.05) is 0 Å². The standard InChI is InChI=1S/C19H32.C15H30.C14H30.C13H20.C7H14/c1-12(2)15-10-17-13(3)8-16(19(5,6)7)9-14(4)18(17)11-15;1-7-9-10-12-14(15(4,5)6)13(3)11-8-2;1-8-14(7,13(4,5)6)11-9-10-12(2)3;1-13(2,3)11-7-10-12-8-5-4-6-9-12;1-3-5-7-6-4-2/h8,14,16-18H,9-11H2,1-7H3;11,14H,7-10,12H2,1-6H3;12H,8-11H2,1-7H3;4-6,8-9H,7,10-11H2,1-3H3;5,7H,3-4,6H2,1-2H3/b;13-11+;;;. The minimum Gasteiger partial charge on any atom is -0.0888 e. The Balaban J connectivity index is 0. The first-order chi connectivity index (χ1) is 31.3. The molecule has 2 aliphatic carbocycles. The summed E-state index contributed by atoms with van der Waals surface area (Å²) >= 11 is 0. The van der Waals surface area contributed by atoms with Gasteiger partial charge in [-0.25, -0.2) is 0 Å². The second-order valence-electron chi connectivity index (χ2n) is 27.2. The van der Waals surface area contributed by atoms with E-state index in [1.54, 1.807) is 22.3 Å². The smallest absolute Gasteiger partial charge is 0.0135 e. The van der Waals surface area contributed by atoms with Crippen molar-refractivity contribution in [3.63, 3.8) is 0 Å². The summed E-state index contributed by atoms with van der Waals surface area (Å²) in [6.07, 6.45) is 33.1. The van der Waals surface area contributed by atoms with E-state index >= 15 is 0 Å². The topological polar surface area (TPSA) is 0 Å². The lowest BCUT2D eigenvalue weighted by molar-refractivity contribution is 0.0863. The van der Waals surface area contributed by atoms with Crippen LogP contribution in [0.25, 0.3) is 0 Å². The van der Waals surface area contributed by atoms with Crippen molar-refractivity contribution in [3.8, 4) is 0 Å². The molecule has 1 aromatic carbocycles. The maximum absolute atomic E-state index is 2.62. The van der Waals surface area contributed by atoms with Gasteiger partial charge in [0.25, 0.3) is 0 Å². The second-order valence-corrected chi connectivity index (χ2v) is 27.2. The Bertz CT molecular complexity index is 1510. The van der Waals surface area contributed by atoms with Gasteiger partial charge in [-0.15, -0.1) is 0 Å². The van der Waals surface area contributed by atoms with E-state index in [2.05, 4.69) is 228 Å². The van der Waals surface area contributed by atoms with Gasteiger partial charge in [0, 0.05) is 0 Å². The van der Waals surface area contributed by atoms with E-state index in [0.29, 0.717) is 27.1 Å². The lowest BCUT2D eigenvalue weighted by Gasteiger charge is -2.42. The molecule has 2 aliphatic rings. The van der Waals surface area contributed by atoms with Crippen LogP contribution < -0.4 is 0 Å². The molecule has 6 atom stereocenters. The molecule has 1 fully saturated rings. The van der Waals surface area contributed by atoms with E-state index < -0.39 is 0 Å². The van der Waals surface area contributed by atoms with Crippen molar-refractivity contribution in [3.05, 3.63) is 82.5 Å². The number of hydrogen-bond acceptors (Lipinski definition) is 0.